The third-order valence-electron chi connectivity index (χ3n) is 4.69. The first kappa shape index (κ1) is 19.9. The van der Waals surface area contributed by atoms with E-state index in [9.17, 15) is 13.2 Å². The van der Waals surface area contributed by atoms with Gasteiger partial charge in [0, 0.05) is 5.56 Å². The van der Waals surface area contributed by atoms with Gasteiger partial charge in [-0.1, -0.05) is 36.4 Å². The molecule has 1 amide bonds. The Morgan fingerprint density at radius 2 is 1.70 bits per heavy atom. The van der Waals surface area contributed by atoms with Crippen LogP contribution in [-0.2, 0) is 10.0 Å². The lowest BCUT2D eigenvalue weighted by Crippen LogP contribution is -2.38. The molecule has 0 spiro atoms. The Hall–Kier alpha value is -3.36. The average molecular weight is 423 g/mol. The predicted molar refractivity (Wildman–Crippen MR) is 115 cm³/mol. The van der Waals surface area contributed by atoms with E-state index >= 15 is 0 Å². The van der Waals surface area contributed by atoms with Crippen molar-refractivity contribution in [2.75, 3.05) is 17.2 Å². The van der Waals surface area contributed by atoms with Crippen LogP contribution >= 0.6 is 0 Å². The summed E-state index contributed by atoms with van der Waals surface area (Å²) in [6.45, 7) is 2.37. The molecule has 0 saturated heterocycles. The number of anilines is 2. The third kappa shape index (κ3) is 4.00. The van der Waals surface area contributed by atoms with E-state index in [1.165, 1.54) is 0 Å². The summed E-state index contributed by atoms with van der Waals surface area (Å²) in [4.78, 5) is 12.8. The third-order valence-corrected chi connectivity index (χ3v) is 6.17. The van der Waals surface area contributed by atoms with E-state index in [-0.39, 0.29) is 10.8 Å². The van der Waals surface area contributed by atoms with Gasteiger partial charge in [0.15, 0.2) is 0 Å². The number of carbonyl (C=O) groups excluding carboxylic acids is 1. The standard InChI is InChI=1S/C22H21N3O4S/c1-2-29-19-9-5-3-7-17(19)24-22(26)16-13-11-15(12-14-16)21-23-18-8-4-6-10-20(18)30(27,28)25-21/h3-14,21,23,25H,2H2,1H3,(H,24,26). The molecule has 7 nitrogen and oxygen atoms in total. The van der Waals surface area contributed by atoms with Crippen molar-refractivity contribution in [1.29, 1.82) is 0 Å². The normalized spacial score (nSPS) is 16.8. The summed E-state index contributed by atoms with van der Waals surface area (Å²) in [6.07, 6.45) is -0.624. The molecule has 1 unspecified atom stereocenters. The minimum Gasteiger partial charge on any atom is -0.492 e. The zero-order valence-electron chi connectivity index (χ0n) is 16.3. The highest BCUT2D eigenvalue weighted by Crippen LogP contribution is 2.31. The lowest BCUT2D eigenvalue weighted by molar-refractivity contribution is 0.102. The van der Waals surface area contributed by atoms with Gasteiger partial charge < -0.3 is 15.4 Å². The summed E-state index contributed by atoms with van der Waals surface area (Å²) in [7, 11) is -3.62. The Labute approximate surface area is 175 Å². The number of rotatable bonds is 5. The highest BCUT2D eigenvalue weighted by molar-refractivity contribution is 7.89. The Morgan fingerprint density at radius 3 is 2.47 bits per heavy atom. The molecule has 3 N–H and O–H groups in total. The van der Waals surface area contributed by atoms with Crippen LogP contribution in [0.3, 0.4) is 0 Å². The number of fused-ring (bicyclic) bond motifs is 1. The van der Waals surface area contributed by atoms with Crippen molar-refractivity contribution < 1.29 is 17.9 Å². The fraction of sp³-hybridized carbons (Fsp3) is 0.136. The minimum absolute atomic E-state index is 0.213. The zero-order valence-corrected chi connectivity index (χ0v) is 17.1. The van der Waals surface area contributed by atoms with E-state index in [2.05, 4.69) is 15.4 Å². The Kier molecular flexibility index (Phi) is 5.43. The number of nitrogens with one attached hydrogen (secondary N) is 3. The summed E-state index contributed by atoms with van der Waals surface area (Å²) >= 11 is 0. The predicted octanol–water partition coefficient (Wildman–Crippen LogP) is 3.74. The molecule has 3 aromatic carbocycles. The smallest absolute Gasteiger partial charge is 0.255 e. The molecule has 8 heteroatoms. The van der Waals surface area contributed by atoms with Gasteiger partial charge in [-0.05, 0) is 48.9 Å². The van der Waals surface area contributed by atoms with Crippen LogP contribution in [-0.4, -0.2) is 20.9 Å². The maximum Gasteiger partial charge on any atom is 0.255 e. The van der Waals surface area contributed by atoms with Crippen molar-refractivity contribution in [1.82, 2.24) is 4.72 Å². The first-order valence-corrected chi connectivity index (χ1v) is 11.0. The van der Waals surface area contributed by atoms with Crippen LogP contribution in [0.2, 0.25) is 0 Å². The maximum absolute atomic E-state index is 12.6. The molecule has 0 radical (unpaired) electrons. The van der Waals surface area contributed by atoms with E-state index in [1.54, 1.807) is 60.7 Å². The van der Waals surface area contributed by atoms with Gasteiger partial charge in [-0.2, -0.15) is 4.72 Å². The Balaban J connectivity index is 1.52. The van der Waals surface area contributed by atoms with Gasteiger partial charge in [-0.25, -0.2) is 8.42 Å². The number of benzene rings is 3. The van der Waals surface area contributed by atoms with Crippen molar-refractivity contribution in [2.24, 2.45) is 0 Å². The molecule has 1 heterocycles. The number of amides is 1. The Morgan fingerprint density at radius 1 is 1.00 bits per heavy atom. The molecule has 1 aliphatic heterocycles. The van der Waals surface area contributed by atoms with Crippen LogP contribution in [0.5, 0.6) is 5.75 Å². The largest absolute Gasteiger partial charge is 0.492 e. The molecule has 0 bridgehead atoms. The molecule has 30 heavy (non-hydrogen) atoms. The number of carbonyl (C=O) groups is 1. The summed E-state index contributed by atoms with van der Waals surface area (Å²) in [6, 6.07) is 20.7. The van der Waals surface area contributed by atoms with E-state index in [0.717, 1.165) is 0 Å². The van der Waals surface area contributed by atoms with Crippen molar-refractivity contribution in [3.8, 4) is 5.75 Å². The molecule has 0 fully saturated rings. The van der Waals surface area contributed by atoms with Gasteiger partial charge in [0.25, 0.3) is 5.91 Å². The van der Waals surface area contributed by atoms with Crippen LogP contribution in [0.25, 0.3) is 0 Å². The maximum atomic E-state index is 12.6. The molecular formula is C22H21N3O4S. The van der Waals surface area contributed by atoms with Crippen LogP contribution in [0.15, 0.2) is 77.7 Å². The van der Waals surface area contributed by atoms with Crippen molar-refractivity contribution in [2.45, 2.75) is 18.0 Å². The van der Waals surface area contributed by atoms with E-state index in [1.807, 2.05) is 19.1 Å². The zero-order chi connectivity index (χ0) is 21.1. The topological polar surface area (TPSA) is 96.5 Å². The van der Waals surface area contributed by atoms with Gasteiger partial charge in [-0.15, -0.1) is 0 Å². The second-order valence-electron chi connectivity index (χ2n) is 6.70. The van der Waals surface area contributed by atoms with Crippen molar-refractivity contribution in [3.05, 3.63) is 83.9 Å². The highest BCUT2D eigenvalue weighted by atomic mass is 32.2. The van der Waals surface area contributed by atoms with Crippen LogP contribution in [0, 0.1) is 0 Å². The molecule has 154 valence electrons. The second-order valence-corrected chi connectivity index (χ2v) is 8.38. The van der Waals surface area contributed by atoms with E-state index in [0.29, 0.717) is 34.9 Å². The monoisotopic (exact) mass is 423 g/mol. The fourth-order valence-electron chi connectivity index (χ4n) is 3.25. The van der Waals surface area contributed by atoms with Crippen LogP contribution < -0.4 is 20.1 Å². The van der Waals surface area contributed by atoms with Crippen molar-refractivity contribution in [3.63, 3.8) is 0 Å². The molecule has 1 aliphatic rings. The number of para-hydroxylation sites is 3. The number of sulfonamides is 1. The lowest BCUT2D eigenvalue weighted by atomic mass is 10.1. The summed E-state index contributed by atoms with van der Waals surface area (Å²) < 4.78 is 33.1. The summed E-state index contributed by atoms with van der Waals surface area (Å²) in [5.41, 5.74) is 2.27. The fourth-order valence-corrected chi connectivity index (χ4v) is 4.55. The molecule has 0 aliphatic carbocycles. The summed E-state index contributed by atoms with van der Waals surface area (Å²) in [5.74, 6) is 0.320. The SMILES string of the molecule is CCOc1ccccc1NC(=O)c1ccc(C2Nc3ccccc3S(=O)(=O)N2)cc1. The molecule has 0 saturated carbocycles. The number of hydrogen-bond acceptors (Lipinski definition) is 5. The van der Waals surface area contributed by atoms with Gasteiger partial charge in [0.1, 0.15) is 16.8 Å². The van der Waals surface area contributed by atoms with Gasteiger partial charge in [0.05, 0.1) is 18.0 Å². The molecule has 3 aromatic rings. The van der Waals surface area contributed by atoms with Crippen molar-refractivity contribution >= 4 is 27.3 Å². The summed E-state index contributed by atoms with van der Waals surface area (Å²) in [5, 5.41) is 6.02. The van der Waals surface area contributed by atoms with Gasteiger partial charge in [0.2, 0.25) is 10.0 Å². The van der Waals surface area contributed by atoms with E-state index in [4.69, 9.17) is 4.74 Å². The number of hydrogen-bond donors (Lipinski definition) is 3. The van der Waals surface area contributed by atoms with Crippen LogP contribution in [0.1, 0.15) is 29.0 Å². The first-order chi connectivity index (χ1) is 14.5. The van der Waals surface area contributed by atoms with E-state index < -0.39 is 16.2 Å². The molecule has 4 rings (SSSR count). The molecule has 1 atom stereocenters. The lowest BCUT2D eigenvalue weighted by Gasteiger charge is -2.28. The van der Waals surface area contributed by atoms with Gasteiger partial charge >= 0.3 is 0 Å². The quantitative estimate of drug-likeness (QED) is 0.581. The first-order valence-electron chi connectivity index (χ1n) is 9.49. The number of ether oxygens (including phenoxy) is 1. The Bertz CT molecular complexity index is 1180. The second kappa shape index (κ2) is 8.17. The van der Waals surface area contributed by atoms with Crippen LogP contribution in [0.4, 0.5) is 11.4 Å². The molecular weight excluding hydrogens is 402 g/mol. The average Bonchev–Trinajstić information content (AvgIpc) is 2.75. The van der Waals surface area contributed by atoms with Gasteiger partial charge in [-0.3, -0.25) is 4.79 Å². The minimum atomic E-state index is -3.62. The molecule has 0 aromatic heterocycles. The highest BCUT2D eigenvalue weighted by Gasteiger charge is 2.29.